The van der Waals surface area contributed by atoms with Crippen LogP contribution in [0.3, 0.4) is 0 Å². The number of methoxy groups -OCH3 is 1. The van der Waals surface area contributed by atoms with E-state index in [2.05, 4.69) is 25.7 Å². The summed E-state index contributed by atoms with van der Waals surface area (Å²) in [6, 6.07) is 5.71. The van der Waals surface area contributed by atoms with Gasteiger partial charge in [-0.3, -0.25) is 4.79 Å². The number of carbonyl (C=O) groups excluding carboxylic acids is 1. The van der Waals surface area contributed by atoms with Crippen LogP contribution in [0.1, 0.15) is 21.5 Å². The van der Waals surface area contributed by atoms with Gasteiger partial charge in [0.2, 0.25) is 0 Å². The summed E-state index contributed by atoms with van der Waals surface area (Å²) in [5, 5.41) is 12.2. The van der Waals surface area contributed by atoms with Crippen molar-refractivity contribution in [2.75, 3.05) is 38.4 Å². The van der Waals surface area contributed by atoms with Crippen molar-refractivity contribution in [1.29, 1.82) is 0 Å². The molecule has 0 aliphatic carbocycles. The maximum absolute atomic E-state index is 12.4. The summed E-state index contributed by atoms with van der Waals surface area (Å²) in [6.45, 7) is 6.23. The minimum Gasteiger partial charge on any atom is -0.383 e. The summed E-state index contributed by atoms with van der Waals surface area (Å²) in [7, 11) is 1.66. The number of hydrogen-bond acceptors (Lipinski definition) is 7. The van der Waals surface area contributed by atoms with Crippen molar-refractivity contribution in [2.45, 2.75) is 25.5 Å². The number of rotatable bonds is 9. The van der Waals surface area contributed by atoms with E-state index in [-0.39, 0.29) is 5.91 Å². The van der Waals surface area contributed by atoms with Crippen LogP contribution in [0.4, 0.5) is 5.82 Å². The molecule has 3 aromatic rings. The Morgan fingerprint density at radius 2 is 2.03 bits per heavy atom. The van der Waals surface area contributed by atoms with Gasteiger partial charge in [0.05, 0.1) is 24.7 Å². The second kappa shape index (κ2) is 9.71. The highest BCUT2D eigenvalue weighted by atomic mass is 32.2. The van der Waals surface area contributed by atoms with Crippen LogP contribution in [0, 0.1) is 13.8 Å². The fourth-order valence-corrected chi connectivity index (χ4v) is 3.22. The highest BCUT2D eigenvalue weighted by molar-refractivity contribution is 7.98. The molecule has 0 bridgehead atoms. The number of amides is 1. The van der Waals surface area contributed by atoms with Crippen LogP contribution >= 0.6 is 11.8 Å². The Bertz CT molecular complexity index is 1000. The molecule has 29 heavy (non-hydrogen) atoms. The summed E-state index contributed by atoms with van der Waals surface area (Å²) in [5.41, 5.74) is 3.68. The first-order chi connectivity index (χ1) is 14.0. The summed E-state index contributed by atoms with van der Waals surface area (Å²) in [4.78, 5) is 21.5. The van der Waals surface area contributed by atoms with Crippen molar-refractivity contribution < 1.29 is 9.53 Å². The number of benzene rings is 1. The zero-order valence-corrected chi connectivity index (χ0v) is 18.0. The molecule has 0 fully saturated rings. The fourth-order valence-electron chi connectivity index (χ4n) is 2.86. The zero-order valence-electron chi connectivity index (χ0n) is 17.2. The standard InChI is InChI=1S/C20H26N6O2S/c1-13-5-6-15(11-14(13)2)19(27)22-7-9-26-18-16(12-23-26)17(21-8-10-28-3)24-20(25-18)29-4/h5-6,11-12H,7-10H2,1-4H3,(H,22,27)(H,21,24,25). The molecule has 2 aromatic heterocycles. The monoisotopic (exact) mass is 414 g/mol. The lowest BCUT2D eigenvalue weighted by Crippen LogP contribution is -2.27. The van der Waals surface area contributed by atoms with Crippen LogP contribution in [0.25, 0.3) is 11.0 Å². The molecule has 1 amide bonds. The quantitative estimate of drug-likeness (QED) is 0.316. The second-order valence-corrected chi connectivity index (χ2v) is 7.41. The second-order valence-electron chi connectivity index (χ2n) is 6.64. The van der Waals surface area contributed by atoms with Crippen LogP contribution in [0.15, 0.2) is 29.6 Å². The molecule has 0 radical (unpaired) electrons. The van der Waals surface area contributed by atoms with Gasteiger partial charge >= 0.3 is 0 Å². The van der Waals surface area contributed by atoms with E-state index in [4.69, 9.17) is 4.74 Å². The lowest BCUT2D eigenvalue weighted by atomic mass is 10.1. The SMILES string of the molecule is COCCNc1nc(SC)nc2c1cnn2CCNC(=O)c1ccc(C)c(C)c1. The molecule has 2 N–H and O–H groups in total. The van der Waals surface area contributed by atoms with Gasteiger partial charge in [-0.1, -0.05) is 17.8 Å². The molecule has 0 spiro atoms. The molecule has 1 aromatic carbocycles. The number of nitrogens with zero attached hydrogens (tertiary/aromatic N) is 4. The van der Waals surface area contributed by atoms with Crippen LogP contribution in [0.5, 0.6) is 0 Å². The minimum absolute atomic E-state index is 0.0917. The molecule has 0 aliphatic rings. The molecular weight excluding hydrogens is 388 g/mol. The van der Waals surface area contributed by atoms with E-state index in [9.17, 15) is 4.79 Å². The largest absolute Gasteiger partial charge is 0.383 e. The van der Waals surface area contributed by atoms with Crippen LogP contribution in [-0.4, -0.2) is 58.7 Å². The van der Waals surface area contributed by atoms with Gasteiger partial charge in [0.1, 0.15) is 5.82 Å². The smallest absolute Gasteiger partial charge is 0.251 e. The fraction of sp³-hybridized carbons (Fsp3) is 0.400. The third kappa shape index (κ3) is 5.04. The predicted molar refractivity (Wildman–Crippen MR) is 116 cm³/mol. The molecule has 0 saturated heterocycles. The highest BCUT2D eigenvalue weighted by Crippen LogP contribution is 2.23. The summed E-state index contributed by atoms with van der Waals surface area (Å²) in [6.07, 6.45) is 3.68. The van der Waals surface area contributed by atoms with Crippen molar-refractivity contribution in [1.82, 2.24) is 25.1 Å². The van der Waals surface area contributed by atoms with Gasteiger partial charge in [-0.25, -0.2) is 14.6 Å². The first-order valence-corrected chi connectivity index (χ1v) is 10.6. The van der Waals surface area contributed by atoms with Gasteiger partial charge in [0, 0.05) is 25.8 Å². The number of anilines is 1. The average molecular weight is 415 g/mol. The molecular formula is C20H26N6O2S. The Hall–Kier alpha value is -2.65. The normalized spacial score (nSPS) is 11.0. The van der Waals surface area contributed by atoms with Crippen LogP contribution in [0.2, 0.25) is 0 Å². The Balaban J connectivity index is 1.70. The average Bonchev–Trinajstić information content (AvgIpc) is 3.13. The van der Waals surface area contributed by atoms with Crippen molar-refractivity contribution in [3.05, 3.63) is 41.1 Å². The summed E-state index contributed by atoms with van der Waals surface area (Å²) in [5.74, 6) is 0.646. The van der Waals surface area contributed by atoms with E-state index >= 15 is 0 Å². The van der Waals surface area contributed by atoms with Crippen LogP contribution < -0.4 is 10.6 Å². The number of fused-ring (bicyclic) bond motifs is 1. The molecule has 0 saturated carbocycles. The van der Waals surface area contributed by atoms with E-state index < -0.39 is 0 Å². The lowest BCUT2D eigenvalue weighted by molar-refractivity contribution is 0.0952. The predicted octanol–water partition coefficient (Wildman–Crippen LogP) is 2.65. The molecule has 0 aliphatic heterocycles. The van der Waals surface area contributed by atoms with E-state index in [1.165, 1.54) is 17.3 Å². The van der Waals surface area contributed by atoms with Crippen molar-refractivity contribution >= 4 is 34.5 Å². The minimum atomic E-state index is -0.0917. The van der Waals surface area contributed by atoms with Gasteiger partial charge in [0.15, 0.2) is 10.8 Å². The Morgan fingerprint density at radius 3 is 2.76 bits per heavy atom. The van der Waals surface area contributed by atoms with Gasteiger partial charge in [0.25, 0.3) is 5.91 Å². The van der Waals surface area contributed by atoms with E-state index in [1.807, 2.05) is 38.3 Å². The van der Waals surface area contributed by atoms with E-state index in [0.29, 0.717) is 37.0 Å². The Morgan fingerprint density at radius 1 is 1.21 bits per heavy atom. The molecule has 3 rings (SSSR count). The number of aromatic nitrogens is 4. The number of thioether (sulfide) groups is 1. The number of carbonyl (C=O) groups is 1. The van der Waals surface area contributed by atoms with Crippen molar-refractivity contribution in [3.63, 3.8) is 0 Å². The zero-order chi connectivity index (χ0) is 20.8. The molecule has 0 atom stereocenters. The molecule has 154 valence electrons. The first kappa shape index (κ1) is 21.1. The third-order valence-corrected chi connectivity index (χ3v) is 5.18. The third-order valence-electron chi connectivity index (χ3n) is 4.64. The molecule has 8 nitrogen and oxygen atoms in total. The van der Waals surface area contributed by atoms with Gasteiger partial charge < -0.3 is 15.4 Å². The Kier molecular flexibility index (Phi) is 7.05. The van der Waals surface area contributed by atoms with Crippen molar-refractivity contribution in [2.24, 2.45) is 0 Å². The Labute approximate surface area is 174 Å². The number of hydrogen-bond donors (Lipinski definition) is 2. The van der Waals surface area contributed by atoms with Gasteiger partial charge in [-0.2, -0.15) is 5.10 Å². The van der Waals surface area contributed by atoms with Gasteiger partial charge in [-0.05, 0) is 43.4 Å². The highest BCUT2D eigenvalue weighted by Gasteiger charge is 2.13. The number of nitrogens with one attached hydrogen (secondary N) is 2. The maximum Gasteiger partial charge on any atom is 0.251 e. The molecule has 9 heteroatoms. The van der Waals surface area contributed by atoms with Crippen LogP contribution in [-0.2, 0) is 11.3 Å². The lowest BCUT2D eigenvalue weighted by Gasteiger charge is -2.09. The maximum atomic E-state index is 12.4. The summed E-state index contributed by atoms with van der Waals surface area (Å²) >= 11 is 1.47. The van der Waals surface area contributed by atoms with E-state index in [0.717, 1.165) is 22.4 Å². The molecule has 0 unspecified atom stereocenters. The van der Waals surface area contributed by atoms with Gasteiger partial charge in [-0.15, -0.1) is 0 Å². The topological polar surface area (TPSA) is 94.0 Å². The number of aryl methyl sites for hydroxylation is 2. The van der Waals surface area contributed by atoms with E-state index in [1.54, 1.807) is 18.0 Å². The number of ether oxygens (including phenoxy) is 1. The summed E-state index contributed by atoms with van der Waals surface area (Å²) < 4.78 is 6.88. The first-order valence-electron chi connectivity index (χ1n) is 9.39. The van der Waals surface area contributed by atoms with Crippen molar-refractivity contribution in [3.8, 4) is 0 Å². The molecule has 2 heterocycles.